The number of carbonyl (C=O) groups is 3. The molecular weight excluding hydrogens is 502 g/mol. The van der Waals surface area contributed by atoms with E-state index in [1.54, 1.807) is 31.2 Å². The second-order valence-electron chi connectivity index (χ2n) is 9.92. The molecule has 0 aliphatic carbocycles. The fourth-order valence-corrected chi connectivity index (χ4v) is 3.50. The fraction of sp³-hybridized carbons (Fsp3) is 0.276. The highest BCUT2D eigenvalue weighted by Gasteiger charge is 2.15. The SMILES string of the molecule is Cc1ccc(NC(=O)COC(=O)CCC(=O)Nc2ccc(Oc3ccc(C(C)(C)C)cc3)cc2)cc1[N+](=O)[O-]. The molecule has 0 aliphatic heterocycles. The molecule has 10 heteroatoms. The van der Waals surface area contributed by atoms with Crippen LogP contribution in [-0.2, 0) is 24.5 Å². The number of amides is 2. The van der Waals surface area contributed by atoms with E-state index in [0.717, 1.165) is 0 Å². The molecule has 0 radical (unpaired) electrons. The normalized spacial score (nSPS) is 10.9. The molecule has 10 nitrogen and oxygen atoms in total. The van der Waals surface area contributed by atoms with E-state index < -0.39 is 29.3 Å². The summed E-state index contributed by atoms with van der Waals surface area (Å²) in [6.07, 6.45) is -0.357. The third kappa shape index (κ3) is 8.96. The second-order valence-corrected chi connectivity index (χ2v) is 9.92. The van der Waals surface area contributed by atoms with Crippen molar-refractivity contribution in [1.29, 1.82) is 0 Å². The minimum Gasteiger partial charge on any atom is -0.457 e. The Morgan fingerprint density at radius 2 is 1.38 bits per heavy atom. The Balaban J connectivity index is 1.39. The van der Waals surface area contributed by atoms with Crippen LogP contribution in [0.5, 0.6) is 11.5 Å². The molecule has 0 unspecified atom stereocenters. The van der Waals surface area contributed by atoms with Gasteiger partial charge >= 0.3 is 5.97 Å². The van der Waals surface area contributed by atoms with Crippen molar-refractivity contribution in [3.05, 3.63) is 88.0 Å². The van der Waals surface area contributed by atoms with Crippen molar-refractivity contribution in [3.8, 4) is 11.5 Å². The smallest absolute Gasteiger partial charge is 0.306 e. The van der Waals surface area contributed by atoms with E-state index in [-0.39, 0.29) is 29.6 Å². The average molecular weight is 534 g/mol. The van der Waals surface area contributed by atoms with Crippen LogP contribution in [0, 0.1) is 17.0 Å². The summed E-state index contributed by atoms with van der Waals surface area (Å²) in [4.78, 5) is 46.6. The molecular formula is C29H31N3O7. The summed E-state index contributed by atoms with van der Waals surface area (Å²) in [7, 11) is 0. The zero-order chi connectivity index (χ0) is 28.6. The van der Waals surface area contributed by atoms with Crippen LogP contribution in [0.4, 0.5) is 17.1 Å². The lowest BCUT2D eigenvalue weighted by atomic mass is 9.87. The molecule has 0 saturated heterocycles. The summed E-state index contributed by atoms with van der Waals surface area (Å²) in [6.45, 7) is 7.43. The summed E-state index contributed by atoms with van der Waals surface area (Å²) in [5, 5.41) is 16.1. The van der Waals surface area contributed by atoms with E-state index in [4.69, 9.17) is 9.47 Å². The summed E-state index contributed by atoms with van der Waals surface area (Å²) in [5.41, 5.74) is 2.32. The van der Waals surface area contributed by atoms with Gasteiger partial charge in [0.05, 0.1) is 11.3 Å². The quantitative estimate of drug-likeness (QED) is 0.188. The van der Waals surface area contributed by atoms with Gasteiger partial charge in [-0.05, 0) is 60.4 Å². The average Bonchev–Trinajstić information content (AvgIpc) is 2.88. The highest BCUT2D eigenvalue weighted by molar-refractivity contribution is 5.94. The van der Waals surface area contributed by atoms with E-state index in [0.29, 0.717) is 22.7 Å². The number of nitrogens with one attached hydrogen (secondary N) is 2. The number of anilines is 2. The molecule has 3 rings (SSSR count). The van der Waals surface area contributed by atoms with Gasteiger partial charge in [-0.1, -0.05) is 39.0 Å². The lowest BCUT2D eigenvalue weighted by molar-refractivity contribution is -0.385. The topological polar surface area (TPSA) is 137 Å². The maximum atomic E-state index is 12.2. The molecule has 3 aromatic rings. The fourth-order valence-electron chi connectivity index (χ4n) is 3.50. The third-order valence-electron chi connectivity index (χ3n) is 5.70. The first-order valence-electron chi connectivity index (χ1n) is 12.3. The van der Waals surface area contributed by atoms with E-state index in [9.17, 15) is 24.5 Å². The van der Waals surface area contributed by atoms with Crippen molar-refractivity contribution < 1.29 is 28.8 Å². The first-order chi connectivity index (χ1) is 18.4. The Kier molecular flexibility index (Phi) is 9.38. The second kappa shape index (κ2) is 12.7. The zero-order valence-electron chi connectivity index (χ0n) is 22.3. The molecule has 0 aliphatic rings. The molecule has 0 atom stereocenters. The molecule has 39 heavy (non-hydrogen) atoms. The molecule has 0 fully saturated rings. The Morgan fingerprint density at radius 1 is 0.821 bits per heavy atom. The van der Waals surface area contributed by atoms with Crippen molar-refractivity contribution in [2.24, 2.45) is 0 Å². The summed E-state index contributed by atoms with van der Waals surface area (Å²) in [6, 6.07) is 18.9. The van der Waals surface area contributed by atoms with Gasteiger partial charge in [-0.25, -0.2) is 0 Å². The van der Waals surface area contributed by atoms with Crippen LogP contribution >= 0.6 is 0 Å². The summed E-state index contributed by atoms with van der Waals surface area (Å²) >= 11 is 0. The van der Waals surface area contributed by atoms with Gasteiger partial charge < -0.3 is 20.1 Å². The van der Waals surface area contributed by atoms with Gasteiger partial charge in [0, 0.05) is 29.4 Å². The van der Waals surface area contributed by atoms with E-state index in [1.807, 2.05) is 24.3 Å². The van der Waals surface area contributed by atoms with Gasteiger partial charge in [-0.2, -0.15) is 0 Å². The number of hydrogen-bond donors (Lipinski definition) is 2. The summed E-state index contributed by atoms with van der Waals surface area (Å²) < 4.78 is 10.7. The number of nitrogens with zero attached hydrogens (tertiary/aromatic N) is 1. The predicted octanol–water partition coefficient (Wildman–Crippen LogP) is 5.89. The highest BCUT2D eigenvalue weighted by Crippen LogP contribution is 2.27. The van der Waals surface area contributed by atoms with Crippen molar-refractivity contribution in [2.45, 2.75) is 46.0 Å². The van der Waals surface area contributed by atoms with Gasteiger partial charge in [0.25, 0.3) is 11.6 Å². The van der Waals surface area contributed by atoms with Gasteiger partial charge in [0.15, 0.2) is 6.61 Å². The molecule has 0 spiro atoms. The van der Waals surface area contributed by atoms with E-state index in [2.05, 4.69) is 31.4 Å². The molecule has 2 N–H and O–H groups in total. The Morgan fingerprint density at radius 3 is 1.97 bits per heavy atom. The van der Waals surface area contributed by atoms with Gasteiger partial charge in [-0.15, -0.1) is 0 Å². The van der Waals surface area contributed by atoms with Crippen molar-refractivity contribution in [1.82, 2.24) is 0 Å². The standard InChI is InChI=1S/C29H31N3O7/c1-19-5-8-22(17-25(19)32(36)37)31-27(34)18-38-28(35)16-15-26(33)30-21-9-13-24(14-10-21)39-23-11-6-20(7-12-23)29(2,3)4/h5-14,17H,15-16,18H2,1-4H3,(H,30,33)(H,31,34). The van der Waals surface area contributed by atoms with Crippen LogP contribution in [0.25, 0.3) is 0 Å². The molecule has 0 saturated carbocycles. The van der Waals surface area contributed by atoms with Crippen molar-refractivity contribution in [2.75, 3.05) is 17.2 Å². The number of hydrogen-bond acceptors (Lipinski definition) is 7. The monoisotopic (exact) mass is 533 g/mol. The number of aryl methyl sites for hydroxylation is 1. The maximum absolute atomic E-state index is 12.2. The van der Waals surface area contributed by atoms with Crippen LogP contribution < -0.4 is 15.4 Å². The number of esters is 1. The summed E-state index contributed by atoms with van der Waals surface area (Å²) in [5.74, 6) is -0.463. The number of rotatable bonds is 10. The molecule has 0 bridgehead atoms. The Hall–Kier alpha value is -4.73. The zero-order valence-corrected chi connectivity index (χ0v) is 22.3. The molecule has 2 amide bonds. The first kappa shape index (κ1) is 28.8. The minimum absolute atomic E-state index is 0.0542. The Bertz CT molecular complexity index is 1340. The number of benzene rings is 3. The third-order valence-corrected chi connectivity index (χ3v) is 5.70. The van der Waals surface area contributed by atoms with Gasteiger partial charge in [0.1, 0.15) is 11.5 Å². The number of carbonyl (C=O) groups excluding carboxylic acids is 3. The minimum atomic E-state index is -0.726. The van der Waals surface area contributed by atoms with E-state index in [1.165, 1.54) is 23.8 Å². The lowest BCUT2D eigenvalue weighted by Crippen LogP contribution is -2.21. The van der Waals surface area contributed by atoms with Crippen LogP contribution in [0.15, 0.2) is 66.7 Å². The van der Waals surface area contributed by atoms with Gasteiger partial charge in [-0.3, -0.25) is 24.5 Å². The number of nitro groups is 1. The van der Waals surface area contributed by atoms with Crippen LogP contribution in [0.3, 0.4) is 0 Å². The van der Waals surface area contributed by atoms with Gasteiger partial charge in [0.2, 0.25) is 5.91 Å². The molecule has 204 valence electrons. The first-order valence-corrected chi connectivity index (χ1v) is 12.3. The molecule has 3 aromatic carbocycles. The Labute approximate surface area is 226 Å². The lowest BCUT2D eigenvalue weighted by Gasteiger charge is -2.19. The largest absolute Gasteiger partial charge is 0.457 e. The number of ether oxygens (including phenoxy) is 2. The predicted molar refractivity (Wildman–Crippen MR) is 147 cm³/mol. The molecule has 0 heterocycles. The number of nitro benzene ring substituents is 1. The van der Waals surface area contributed by atoms with Crippen molar-refractivity contribution in [3.63, 3.8) is 0 Å². The maximum Gasteiger partial charge on any atom is 0.306 e. The van der Waals surface area contributed by atoms with E-state index >= 15 is 0 Å². The van der Waals surface area contributed by atoms with Crippen LogP contribution in [0.1, 0.15) is 44.7 Å². The van der Waals surface area contributed by atoms with Crippen LogP contribution in [0.2, 0.25) is 0 Å². The highest BCUT2D eigenvalue weighted by atomic mass is 16.6. The van der Waals surface area contributed by atoms with Crippen LogP contribution in [-0.4, -0.2) is 29.3 Å². The van der Waals surface area contributed by atoms with Crippen molar-refractivity contribution >= 4 is 34.8 Å². The molecule has 0 aromatic heterocycles.